The van der Waals surface area contributed by atoms with Crippen molar-refractivity contribution in [3.8, 4) is 11.8 Å². The molecule has 0 fully saturated rings. The molecule has 28 heavy (non-hydrogen) atoms. The molecule has 1 aliphatic heterocycles. The predicted molar refractivity (Wildman–Crippen MR) is 109 cm³/mol. The normalized spacial score (nSPS) is 13.8. The van der Waals surface area contributed by atoms with E-state index in [0.29, 0.717) is 24.3 Å². The minimum absolute atomic E-state index is 0.0233. The van der Waals surface area contributed by atoms with Crippen LogP contribution in [0.25, 0.3) is 0 Å². The molecule has 0 atom stereocenters. The number of ketones is 1. The van der Waals surface area contributed by atoms with Gasteiger partial charge in [0.1, 0.15) is 13.1 Å². The van der Waals surface area contributed by atoms with E-state index in [1.807, 2.05) is 24.3 Å². The monoisotopic (exact) mass is 381 g/mol. The Morgan fingerprint density at radius 2 is 1.68 bits per heavy atom. The fourth-order valence-electron chi connectivity index (χ4n) is 3.00. The van der Waals surface area contributed by atoms with Gasteiger partial charge in [0, 0.05) is 42.2 Å². The van der Waals surface area contributed by atoms with E-state index in [9.17, 15) is 14.4 Å². The van der Waals surface area contributed by atoms with Gasteiger partial charge in [-0.25, -0.2) is 0 Å². The highest BCUT2D eigenvalue weighted by atomic mass is 16.2. The van der Waals surface area contributed by atoms with Crippen LogP contribution in [0.1, 0.15) is 42.6 Å². The Balaban J connectivity index is 1.84. The zero-order valence-electron chi connectivity index (χ0n) is 17.2. The van der Waals surface area contributed by atoms with Gasteiger partial charge in [0.05, 0.1) is 14.1 Å². The van der Waals surface area contributed by atoms with Crippen LogP contribution in [0, 0.1) is 17.8 Å². The van der Waals surface area contributed by atoms with E-state index in [2.05, 4.69) is 39.8 Å². The zero-order chi connectivity index (χ0) is 20.7. The summed E-state index contributed by atoms with van der Waals surface area (Å²) in [5.41, 5.74) is 1.82. The number of carbonyl (C=O) groups excluding carboxylic acids is 3. The number of amides is 2. The second-order valence-electron chi connectivity index (χ2n) is 8.11. The number of carbonyl (C=O) groups is 3. The molecule has 5 heteroatoms. The van der Waals surface area contributed by atoms with Gasteiger partial charge in [-0.15, -0.1) is 0 Å². The molecule has 148 valence electrons. The van der Waals surface area contributed by atoms with Crippen LogP contribution in [0.4, 0.5) is 0 Å². The van der Waals surface area contributed by atoms with Crippen molar-refractivity contribution in [3.05, 3.63) is 47.5 Å². The lowest BCUT2D eigenvalue weighted by atomic mass is 10.0. The molecule has 1 aromatic rings. The topological polar surface area (TPSA) is 54.5 Å². The number of nitrogens with zero attached hydrogens (tertiary/aromatic N) is 2. The lowest BCUT2D eigenvalue weighted by molar-refractivity contribution is -0.896. The number of rotatable bonds is 8. The molecule has 0 saturated carbocycles. The average Bonchev–Trinajstić information content (AvgIpc) is 2.93. The molecule has 1 aliphatic rings. The van der Waals surface area contributed by atoms with Crippen LogP contribution in [0.5, 0.6) is 0 Å². The number of hydrogen-bond donors (Lipinski definition) is 0. The van der Waals surface area contributed by atoms with Crippen molar-refractivity contribution >= 4 is 17.6 Å². The highest BCUT2D eigenvalue weighted by Gasteiger charge is 2.22. The van der Waals surface area contributed by atoms with Crippen molar-refractivity contribution in [2.24, 2.45) is 5.92 Å². The van der Waals surface area contributed by atoms with Crippen LogP contribution in [-0.4, -0.2) is 54.2 Å². The third-order valence-electron chi connectivity index (χ3n) is 4.47. The molecular formula is C23H29N2O3+. The first-order valence-corrected chi connectivity index (χ1v) is 9.64. The van der Waals surface area contributed by atoms with Crippen LogP contribution >= 0.6 is 0 Å². The summed E-state index contributed by atoms with van der Waals surface area (Å²) >= 11 is 0. The first-order valence-electron chi connectivity index (χ1n) is 9.64. The van der Waals surface area contributed by atoms with Gasteiger partial charge in [0.25, 0.3) is 11.8 Å². The Kier molecular flexibility index (Phi) is 7.31. The largest absolute Gasteiger partial charge is 0.315 e. The minimum Gasteiger partial charge on any atom is -0.315 e. The Morgan fingerprint density at radius 3 is 2.25 bits per heavy atom. The Hall–Kier alpha value is -2.71. The molecule has 1 aromatic carbocycles. The van der Waals surface area contributed by atoms with E-state index in [4.69, 9.17) is 0 Å². The van der Waals surface area contributed by atoms with E-state index < -0.39 is 0 Å². The van der Waals surface area contributed by atoms with Crippen LogP contribution in [0.2, 0.25) is 0 Å². The maximum atomic E-state index is 12.4. The first-order chi connectivity index (χ1) is 13.2. The zero-order valence-corrected chi connectivity index (χ0v) is 17.2. The van der Waals surface area contributed by atoms with Gasteiger partial charge in [0.2, 0.25) is 0 Å². The standard InChI is InChI=1S/C23H29N2O3/c1-18(2)7-6-16-25(3,4)17-19-9-11-20(12-10-19)21(26)8-5-15-24-22(27)13-14-23(24)28/h9-14,18H,5,8,15-17H2,1-4H3/q+1. The van der Waals surface area contributed by atoms with Gasteiger partial charge in [0.15, 0.2) is 5.78 Å². The summed E-state index contributed by atoms with van der Waals surface area (Å²) in [6.07, 6.45) is 3.30. The molecule has 0 unspecified atom stereocenters. The Labute approximate surface area is 167 Å². The summed E-state index contributed by atoms with van der Waals surface area (Å²) in [4.78, 5) is 36.5. The van der Waals surface area contributed by atoms with Gasteiger partial charge >= 0.3 is 0 Å². The average molecular weight is 381 g/mol. The number of quaternary nitrogens is 1. The van der Waals surface area contributed by atoms with Gasteiger partial charge in [-0.2, -0.15) is 0 Å². The predicted octanol–water partition coefficient (Wildman–Crippen LogP) is 2.81. The molecule has 0 N–H and O–H groups in total. The lowest BCUT2D eigenvalue weighted by Crippen LogP contribution is -2.39. The van der Waals surface area contributed by atoms with Crippen LogP contribution in [-0.2, 0) is 16.1 Å². The van der Waals surface area contributed by atoms with Crippen LogP contribution < -0.4 is 0 Å². The van der Waals surface area contributed by atoms with Gasteiger partial charge in [-0.3, -0.25) is 19.3 Å². The number of benzene rings is 1. The van der Waals surface area contributed by atoms with Crippen molar-refractivity contribution in [2.45, 2.75) is 33.2 Å². The third kappa shape index (κ3) is 6.47. The second kappa shape index (κ2) is 9.48. The molecule has 0 bridgehead atoms. The molecule has 2 amide bonds. The molecule has 0 aliphatic carbocycles. The van der Waals surface area contributed by atoms with Crippen molar-refractivity contribution < 1.29 is 18.9 Å². The summed E-state index contributed by atoms with van der Waals surface area (Å²) < 4.78 is 0.763. The van der Waals surface area contributed by atoms with E-state index in [0.717, 1.165) is 23.1 Å². The Morgan fingerprint density at radius 1 is 1.07 bits per heavy atom. The van der Waals surface area contributed by atoms with E-state index in [-0.39, 0.29) is 24.1 Å². The molecule has 0 aromatic heterocycles. The SMILES string of the molecule is CC(C)C#CC[N+](C)(C)Cc1ccc(C(=O)CCCN2C(=O)C=CC2=O)cc1. The fraction of sp³-hybridized carbons (Fsp3) is 0.435. The third-order valence-corrected chi connectivity index (χ3v) is 4.47. The van der Waals surface area contributed by atoms with Crippen molar-refractivity contribution in [1.29, 1.82) is 0 Å². The summed E-state index contributed by atoms with van der Waals surface area (Å²) in [6, 6.07) is 7.68. The smallest absolute Gasteiger partial charge is 0.253 e. The van der Waals surface area contributed by atoms with Gasteiger partial charge in [-0.05, 0) is 12.3 Å². The second-order valence-corrected chi connectivity index (χ2v) is 8.11. The summed E-state index contributed by atoms with van der Waals surface area (Å²) in [7, 11) is 4.29. The van der Waals surface area contributed by atoms with Crippen molar-refractivity contribution in [1.82, 2.24) is 4.90 Å². The van der Waals surface area contributed by atoms with Crippen molar-refractivity contribution in [3.63, 3.8) is 0 Å². The van der Waals surface area contributed by atoms with E-state index >= 15 is 0 Å². The van der Waals surface area contributed by atoms with Crippen LogP contribution in [0.15, 0.2) is 36.4 Å². The lowest BCUT2D eigenvalue weighted by Gasteiger charge is -2.27. The summed E-state index contributed by atoms with van der Waals surface area (Å²) in [5.74, 6) is 6.23. The molecule has 2 rings (SSSR count). The number of hydrogen-bond acceptors (Lipinski definition) is 3. The molecule has 0 radical (unpaired) electrons. The quantitative estimate of drug-likeness (QED) is 0.301. The number of imide groups is 1. The maximum Gasteiger partial charge on any atom is 0.253 e. The summed E-state index contributed by atoms with van der Waals surface area (Å²) in [6.45, 7) is 6.06. The fourth-order valence-corrected chi connectivity index (χ4v) is 3.00. The minimum atomic E-state index is -0.305. The number of Topliss-reactive ketones (excluding diaryl/α,β-unsaturated/α-hetero) is 1. The van der Waals surface area contributed by atoms with Crippen molar-refractivity contribution in [2.75, 3.05) is 27.2 Å². The molecular weight excluding hydrogens is 352 g/mol. The highest BCUT2D eigenvalue weighted by molar-refractivity contribution is 6.12. The van der Waals surface area contributed by atoms with E-state index in [1.165, 1.54) is 17.1 Å². The molecule has 1 heterocycles. The first kappa shape index (κ1) is 21.6. The van der Waals surface area contributed by atoms with Crippen LogP contribution in [0.3, 0.4) is 0 Å². The molecule has 0 saturated heterocycles. The molecule has 5 nitrogen and oxygen atoms in total. The maximum absolute atomic E-state index is 12.4. The van der Waals surface area contributed by atoms with E-state index in [1.54, 1.807) is 0 Å². The van der Waals surface area contributed by atoms with Gasteiger partial charge in [-0.1, -0.05) is 44.0 Å². The highest BCUT2D eigenvalue weighted by Crippen LogP contribution is 2.13. The Bertz CT molecular complexity index is 806. The molecule has 0 spiro atoms. The summed E-state index contributed by atoms with van der Waals surface area (Å²) in [5, 5.41) is 0. The van der Waals surface area contributed by atoms with Gasteiger partial charge < -0.3 is 4.48 Å².